The second kappa shape index (κ2) is 20.2. The summed E-state index contributed by atoms with van der Waals surface area (Å²) < 4.78 is 2.35. The zero-order valence-electron chi connectivity index (χ0n) is 31.4. The zero-order chi connectivity index (χ0) is 30.4. The van der Waals surface area contributed by atoms with Gasteiger partial charge in [-0.15, -0.1) is 11.8 Å². The van der Waals surface area contributed by atoms with E-state index in [0.29, 0.717) is 17.8 Å². The molecule has 4 atom stereocenters. The van der Waals surface area contributed by atoms with Crippen molar-refractivity contribution in [1.29, 1.82) is 0 Å². The first kappa shape index (κ1) is 41.6. The van der Waals surface area contributed by atoms with E-state index in [1.165, 1.54) is 156 Å². The van der Waals surface area contributed by atoms with Gasteiger partial charge in [0.2, 0.25) is 0 Å². The van der Waals surface area contributed by atoms with E-state index in [4.69, 9.17) is 12.0 Å². The molecule has 5 aliphatic rings. The predicted octanol–water partition coefficient (Wildman–Crippen LogP) is 14.0. The average molecular weight is 826 g/mol. The molecule has 4 fully saturated rings. The van der Waals surface area contributed by atoms with Crippen LogP contribution >= 0.6 is 0 Å². The zero-order valence-corrected chi connectivity index (χ0v) is 34.9. The van der Waals surface area contributed by atoms with Crippen LogP contribution < -0.4 is 0 Å². The fourth-order valence-corrected chi connectivity index (χ4v) is 10.1. The Morgan fingerprint density at radius 3 is 1.80 bits per heavy atom. The van der Waals surface area contributed by atoms with Gasteiger partial charge in [-0.1, -0.05) is 167 Å². The second-order valence-electron chi connectivity index (χ2n) is 15.2. The number of hydrogen-bond acceptors (Lipinski definition) is 0. The van der Waals surface area contributed by atoms with Crippen LogP contribution in [0.15, 0.2) is 72.5 Å². The first-order valence-corrected chi connectivity index (χ1v) is 19.0. The molecule has 4 saturated carbocycles. The van der Waals surface area contributed by atoms with Crippen molar-refractivity contribution in [3.05, 3.63) is 123 Å². The van der Waals surface area contributed by atoms with Gasteiger partial charge in [0.05, 0.1) is 12.4 Å². The van der Waals surface area contributed by atoms with Crippen LogP contribution in [0, 0.1) is 46.1 Å². The molecule has 0 bridgehead atoms. The molecule has 49 heavy (non-hydrogen) atoms. The van der Waals surface area contributed by atoms with Gasteiger partial charge in [-0.05, 0) is 61.8 Å². The Morgan fingerprint density at radius 2 is 1.18 bits per heavy atom. The number of benzene rings is 2. The fourth-order valence-electron chi connectivity index (χ4n) is 10.1. The Balaban J connectivity index is 0.00000163. The summed E-state index contributed by atoms with van der Waals surface area (Å²) in [5.41, 5.74) is 6.93. The molecule has 1 heterocycles. The van der Waals surface area contributed by atoms with Crippen molar-refractivity contribution in [2.75, 3.05) is 0 Å². The van der Waals surface area contributed by atoms with Gasteiger partial charge in [0, 0.05) is 5.92 Å². The van der Waals surface area contributed by atoms with Crippen molar-refractivity contribution in [3.63, 3.8) is 0 Å². The van der Waals surface area contributed by atoms with Crippen molar-refractivity contribution >= 4 is 12.4 Å². The molecular formula is C46H66HfN2. The summed E-state index contributed by atoms with van der Waals surface area (Å²) in [5, 5.41) is 5.98. The van der Waals surface area contributed by atoms with Gasteiger partial charge in [-0.25, -0.2) is 0 Å². The summed E-state index contributed by atoms with van der Waals surface area (Å²) in [6.07, 6.45) is 33.0. The first-order valence-electron chi connectivity index (χ1n) is 19.0. The van der Waals surface area contributed by atoms with Gasteiger partial charge in [0.15, 0.2) is 0 Å². The summed E-state index contributed by atoms with van der Waals surface area (Å²) in [6, 6.07) is 19.8. The third-order valence-corrected chi connectivity index (χ3v) is 12.5. The Bertz CT molecular complexity index is 1290. The SMILES string of the molecule is C=[N+]1C(C([N-]c2c(C3CCCCCC3)cccc2C2CCCCCC2)c2ccccc2)=CC=C[C-]1C1CCCC2CCCCC21.[CH3-].[CH3-].[CH3-].[Hf+4]. The molecule has 7 rings (SSSR count). The van der Waals surface area contributed by atoms with Gasteiger partial charge in [-0.2, -0.15) is 0 Å². The molecule has 0 N–H and O–H groups in total. The quantitative estimate of drug-likeness (QED) is 0.115. The van der Waals surface area contributed by atoms with Gasteiger partial charge >= 0.3 is 25.8 Å². The van der Waals surface area contributed by atoms with Gasteiger partial charge in [0.25, 0.3) is 0 Å². The van der Waals surface area contributed by atoms with E-state index in [1.54, 1.807) is 0 Å². The minimum absolute atomic E-state index is 0. The van der Waals surface area contributed by atoms with E-state index in [9.17, 15) is 0 Å². The van der Waals surface area contributed by atoms with Gasteiger partial charge in [-0.3, -0.25) is 4.58 Å². The fraction of sp³-hybridized carbons (Fsp3) is 0.543. The third-order valence-electron chi connectivity index (χ3n) is 12.5. The Morgan fingerprint density at radius 1 is 0.633 bits per heavy atom. The molecule has 0 spiro atoms. The summed E-state index contributed by atoms with van der Waals surface area (Å²) in [5.74, 6) is 3.59. The Labute approximate surface area is 321 Å². The molecule has 0 saturated heterocycles. The summed E-state index contributed by atoms with van der Waals surface area (Å²) in [6.45, 7) is 4.83. The second-order valence-corrected chi connectivity index (χ2v) is 15.2. The van der Waals surface area contributed by atoms with Crippen molar-refractivity contribution in [1.82, 2.24) is 0 Å². The maximum absolute atomic E-state index is 5.98. The van der Waals surface area contributed by atoms with E-state index in [0.717, 1.165) is 11.8 Å². The largest absolute Gasteiger partial charge is 4.00 e. The molecule has 2 nitrogen and oxygen atoms in total. The van der Waals surface area contributed by atoms with Gasteiger partial charge < -0.3 is 27.6 Å². The van der Waals surface area contributed by atoms with Crippen LogP contribution in [0.5, 0.6) is 0 Å². The van der Waals surface area contributed by atoms with Crippen molar-refractivity contribution in [3.8, 4) is 0 Å². The van der Waals surface area contributed by atoms with E-state index >= 15 is 0 Å². The first-order chi connectivity index (χ1) is 22.3. The maximum atomic E-state index is 5.98. The molecule has 0 aromatic heterocycles. The molecule has 4 aliphatic carbocycles. The number of allylic oxidation sites excluding steroid dienone is 2. The van der Waals surface area contributed by atoms with E-state index < -0.39 is 0 Å². The van der Waals surface area contributed by atoms with Crippen LogP contribution in [-0.2, 0) is 25.8 Å². The van der Waals surface area contributed by atoms with Crippen molar-refractivity contribution in [2.45, 2.75) is 140 Å². The average Bonchev–Trinajstić information content (AvgIpc) is 3.54. The van der Waals surface area contributed by atoms with Crippen molar-refractivity contribution < 1.29 is 30.4 Å². The van der Waals surface area contributed by atoms with Crippen LogP contribution in [0.2, 0.25) is 0 Å². The third kappa shape index (κ3) is 9.52. The predicted molar refractivity (Wildman–Crippen MR) is 209 cm³/mol. The summed E-state index contributed by atoms with van der Waals surface area (Å²) >= 11 is 0. The topological polar surface area (TPSA) is 17.1 Å². The molecule has 2 aromatic carbocycles. The number of hydrogen-bond donors (Lipinski definition) is 0. The molecular weight excluding hydrogens is 759 g/mol. The van der Waals surface area contributed by atoms with E-state index in [2.05, 4.69) is 71.3 Å². The number of nitrogens with zero attached hydrogens (tertiary/aromatic N) is 2. The Hall–Kier alpha value is -1.87. The van der Waals surface area contributed by atoms with E-state index in [-0.39, 0.29) is 54.2 Å². The molecule has 2 aromatic rings. The Kier molecular flexibility index (Phi) is 17.2. The number of para-hydroxylation sites is 1. The summed E-state index contributed by atoms with van der Waals surface area (Å²) in [7, 11) is 0. The monoisotopic (exact) mass is 826 g/mol. The van der Waals surface area contributed by atoms with Crippen LogP contribution in [0.1, 0.15) is 157 Å². The maximum Gasteiger partial charge on any atom is 4.00 e. The normalized spacial score (nSPS) is 25.4. The molecule has 0 amide bonds. The summed E-state index contributed by atoms with van der Waals surface area (Å²) in [4.78, 5) is 0. The minimum atomic E-state index is -0.0640. The van der Waals surface area contributed by atoms with Crippen LogP contribution in [0.3, 0.4) is 0 Å². The number of rotatable bonds is 7. The molecule has 264 valence electrons. The molecule has 3 heteroatoms. The smallest absolute Gasteiger partial charge is 0.677 e. The van der Waals surface area contributed by atoms with E-state index in [1.807, 2.05) is 0 Å². The number of fused-ring (bicyclic) bond motifs is 1. The molecule has 4 unspecified atom stereocenters. The minimum Gasteiger partial charge on any atom is -0.677 e. The van der Waals surface area contributed by atoms with Crippen LogP contribution in [0.25, 0.3) is 5.32 Å². The standard InChI is InChI=1S/C43H57N2.3CH3.Hf/c1-45-40(39-29-15-25-32-22-13-14-26-36(32)39)30-17-31-41(45)42(35-23-11-6-12-24-35)44-43-37(33-18-7-2-3-8-19-33)27-16-28-38(43)34-20-9-4-5-10-21-34;;;;/h6,11-12,16-17,23-24,27-28,30-34,36,39,42H,1-5,7-10,13-15,18-22,25-26,29H2;3*1H3;/q4*-1;+4. The van der Waals surface area contributed by atoms with Gasteiger partial charge in [0.1, 0.15) is 6.04 Å². The molecule has 1 aliphatic heterocycles. The molecule has 0 radical (unpaired) electrons. The van der Waals surface area contributed by atoms with Crippen LogP contribution in [-0.4, -0.2) is 11.3 Å². The van der Waals surface area contributed by atoms with Crippen molar-refractivity contribution in [2.24, 2.45) is 17.8 Å². The van der Waals surface area contributed by atoms with Crippen LogP contribution in [0.4, 0.5) is 5.69 Å².